The fourth-order valence-electron chi connectivity index (χ4n) is 4.04. The van der Waals surface area contributed by atoms with Crippen LogP contribution in [0.5, 0.6) is 0 Å². The van der Waals surface area contributed by atoms with Crippen LogP contribution in [0, 0.1) is 0 Å². The molecule has 0 spiro atoms. The van der Waals surface area contributed by atoms with E-state index in [0.29, 0.717) is 5.92 Å². The van der Waals surface area contributed by atoms with Crippen LogP contribution >= 0.6 is 0 Å². The Bertz CT molecular complexity index is 456. The van der Waals surface area contributed by atoms with Crippen LogP contribution in [0.1, 0.15) is 64.1 Å². The lowest BCUT2D eigenvalue weighted by Crippen LogP contribution is -2.60. The predicted molar refractivity (Wildman–Crippen MR) is 89.5 cm³/mol. The van der Waals surface area contributed by atoms with Crippen molar-refractivity contribution in [1.29, 1.82) is 0 Å². The van der Waals surface area contributed by atoms with E-state index in [0.717, 1.165) is 25.9 Å². The summed E-state index contributed by atoms with van der Waals surface area (Å²) in [4.78, 5) is 7.20. The van der Waals surface area contributed by atoms with E-state index in [1.807, 2.05) is 6.20 Å². The topological polar surface area (TPSA) is 42.1 Å². The molecule has 0 aliphatic heterocycles. The average Bonchev–Trinajstić information content (AvgIpc) is 2.54. The molecule has 3 unspecified atom stereocenters. The molecule has 1 heterocycles. The molecule has 118 valence electrons. The van der Waals surface area contributed by atoms with Gasteiger partial charge in [0.05, 0.1) is 0 Å². The molecule has 0 aromatic carbocycles. The van der Waals surface area contributed by atoms with Crippen molar-refractivity contribution in [1.82, 2.24) is 9.88 Å². The minimum atomic E-state index is 0.0420. The molecule has 3 heteroatoms. The van der Waals surface area contributed by atoms with E-state index in [2.05, 4.69) is 49.7 Å². The third kappa shape index (κ3) is 3.00. The van der Waals surface area contributed by atoms with E-state index in [1.165, 1.54) is 24.1 Å². The van der Waals surface area contributed by atoms with Crippen molar-refractivity contribution in [3.8, 4) is 0 Å². The first-order valence-corrected chi connectivity index (χ1v) is 8.52. The average molecular weight is 289 g/mol. The summed E-state index contributed by atoms with van der Waals surface area (Å²) < 4.78 is 0. The van der Waals surface area contributed by atoms with Crippen LogP contribution in [0.2, 0.25) is 0 Å². The maximum Gasteiger partial charge on any atom is 0.0482 e. The summed E-state index contributed by atoms with van der Waals surface area (Å²) in [6.45, 7) is 11.2. The maximum absolute atomic E-state index is 6.82. The number of hydrogen-bond donors (Lipinski definition) is 1. The molecule has 1 aromatic rings. The van der Waals surface area contributed by atoms with Crippen LogP contribution in [0.4, 0.5) is 0 Å². The second-order valence-corrected chi connectivity index (χ2v) is 6.46. The Kier molecular flexibility index (Phi) is 5.39. The molecular formula is C18H31N3. The first-order valence-electron chi connectivity index (χ1n) is 8.52. The van der Waals surface area contributed by atoms with E-state index in [1.54, 1.807) is 0 Å². The second kappa shape index (κ2) is 6.89. The molecule has 3 atom stereocenters. The number of pyridine rings is 1. The quantitative estimate of drug-likeness (QED) is 0.873. The normalized spacial score (nSPS) is 22.7. The lowest BCUT2D eigenvalue weighted by molar-refractivity contribution is 0.0713. The van der Waals surface area contributed by atoms with Crippen LogP contribution in [0.25, 0.3) is 0 Å². The highest BCUT2D eigenvalue weighted by atomic mass is 15.2. The highest BCUT2D eigenvalue weighted by Crippen LogP contribution is 2.38. The van der Waals surface area contributed by atoms with Crippen LogP contribution in [-0.4, -0.2) is 34.6 Å². The Hall–Kier alpha value is -0.930. The molecule has 0 radical (unpaired) electrons. The summed E-state index contributed by atoms with van der Waals surface area (Å²) in [6, 6.07) is 4.41. The van der Waals surface area contributed by atoms with Gasteiger partial charge in [-0.3, -0.25) is 9.88 Å². The van der Waals surface area contributed by atoms with Crippen molar-refractivity contribution in [3.05, 3.63) is 29.6 Å². The van der Waals surface area contributed by atoms with Gasteiger partial charge in [0.25, 0.3) is 0 Å². The molecule has 1 aliphatic rings. The molecule has 0 saturated heterocycles. The third-order valence-corrected chi connectivity index (χ3v) is 5.59. The molecule has 2 N–H and O–H groups in total. The van der Waals surface area contributed by atoms with Crippen molar-refractivity contribution < 1.29 is 0 Å². The lowest BCUT2D eigenvalue weighted by Gasteiger charge is -2.47. The van der Waals surface area contributed by atoms with Gasteiger partial charge < -0.3 is 5.73 Å². The van der Waals surface area contributed by atoms with Gasteiger partial charge in [-0.2, -0.15) is 0 Å². The van der Waals surface area contributed by atoms with Crippen LogP contribution in [0.15, 0.2) is 18.3 Å². The van der Waals surface area contributed by atoms with E-state index in [-0.39, 0.29) is 11.6 Å². The first-order chi connectivity index (χ1) is 10.1. The number of hydrogen-bond acceptors (Lipinski definition) is 3. The Morgan fingerprint density at radius 2 is 2.10 bits per heavy atom. The number of nitrogens with two attached hydrogens (primary N) is 1. The molecule has 0 saturated carbocycles. The van der Waals surface area contributed by atoms with Crippen molar-refractivity contribution >= 4 is 0 Å². The summed E-state index contributed by atoms with van der Waals surface area (Å²) in [5.74, 6) is 0.389. The Morgan fingerprint density at radius 1 is 1.38 bits per heavy atom. The van der Waals surface area contributed by atoms with Crippen LogP contribution in [-0.2, 0) is 6.42 Å². The maximum atomic E-state index is 6.82. The Labute approximate surface area is 129 Å². The van der Waals surface area contributed by atoms with E-state index in [9.17, 15) is 0 Å². The number of aromatic nitrogens is 1. The summed E-state index contributed by atoms with van der Waals surface area (Å²) in [5, 5.41) is 0. The van der Waals surface area contributed by atoms with Crippen molar-refractivity contribution in [2.75, 3.05) is 13.1 Å². The number of aryl methyl sites for hydroxylation is 1. The van der Waals surface area contributed by atoms with E-state index in [4.69, 9.17) is 5.73 Å². The predicted octanol–water partition coefficient (Wildman–Crippen LogP) is 3.34. The summed E-state index contributed by atoms with van der Waals surface area (Å²) in [7, 11) is 0. The van der Waals surface area contributed by atoms with Gasteiger partial charge in [0.15, 0.2) is 0 Å². The fourth-order valence-corrected chi connectivity index (χ4v) is 4.04. The molecule has 1 aromatic heterocycles. The molecule has 0 amide bonds. The highest BCUT2D eigenvalue weighted by molar-refractivity contribution is 5.28. The smallest absolute Gasteiger partial charge is 0.0482 e. The van der Waals surface area contributed by atoms with Crippen molar-refractivity contribution in [3.63, 3.8) is 0 Å². The van der Waals surface area contributed by atoms with Gasteiger partial charge in [0.1, 0.15) is 0 Å². The monoisotopic (exact) mass is 289 g/mol. The molecular weight excluding hydrogens is 258 g/mol. The highest BCUT2D eigenvalue weighted by Gasteiger charge is 2.41. The molecule has 21 heavy (non-hydrogen) atoms. The van der Waals surface area contributed by atoms with Gasteiger partial charge >= 0.3 is 0 Å². The van der Waals surface area contributed by atoms with Crippen molar-refractivity contribution in [2.45, 2.75) is 70.9 Å². The van der Waals surface area contributed by atoms with Crippen LogP contribution < -0.4 is 5.73 Å². The third-order valence-electron chi connectivity index (χ3n) is 5.59. The van der Waals surface area contributed by atoms with Gasteiger partial charge in [0.2, 0.25) is 0 Å². The molecule has 3 nitrogen and oxygen atoms in total. The van der Waals surface area contributed by atoms with E-state index < -0.39 is 0 Å². The zero-order chi connectivity index (χ0) is 15.5. The number of rotatable bonds is 6. The van der Waals surface area contributed by atoms with Crippen molar-refractivity contribution in [2.24, 2.45) is 5.73 Å². The van der Waals surface area contributed by atoms with Gasteiger partial charge in [-0.25, -0.2) is 0 Å². The van der Waals surface area contributed by atoms with E-state index >= 15 is 0 Å². The van der Waals surface area contributed by atoms with Gasteiger partial charge in [-0.1, -0.05) is 26.8 Å². The number of likely N-dealkylation sites (N-methyl/N-ethyl adjacent to an activating group) is 1. The van der Waals surface area contributed by atoms with Crippen LogP contribution in [0.3, 0.4) is 0 Å². The number of nitrogens with zero attached hydrogens (tertiary/aromatic N) is 2. The second-order valence-electron chi connectivity index (χ2n) is 6.46. The molecule has 2 rings (SSSR count). The molecule has 1 aliphatic carbocycles. The summed E-state index contributed by atoms with van der Waals surface area (Å²) in [5.41, 5.74) is 9.52. The molecule has 0 bridgehead atoms. The minimum Gasteiger partial charge on any atom is -0.326 e. The number of fused-ring (bicyclic) bond motifs is 1. The fraction of sp³-hybridized carbons (Fsp3) is 0.722. The van der Waals surface area contributed by atoms with Gasteiger partial charge in [-0.15, -0.1) is 0 Å². The zero-order valence-corrected chi connectivity index (χ0v) is 14.1. The Morgan fingerprint density at radius 3 is 2.71 bits per heavy atom. The zero-order valence-electron chi connectivity index (χ0n) is 14.1. The summed E-state index contributed by atoms with van der Waals surface area (Å²) >= 11 is 0. The lowest BCUT2D eigenvalue weighted by atomic mass is 9.73. The minimum absolute atomic E-state index is 0.0420. The SMILES string of the molecule is CCN(CC)C(C)(CC)C(N)C1CCCc2cccnc21. The largest absolute Gasteiger partial charge is 0.326 e. The van der Waals surface area contributed by atoms with Gasteiger partial charge in [-0.05, 0) is 57.3 Å². The van der Waals surface area contributed by atoms with Gasteiger partial charge in [0, 0.05) is 29.4 Å². The Balaban J connectivity index is 2.32. The summed E-state index contributed by atoms with van der Waals surface area (Å²) in [6.07, 6.45) is 6.55. The standard InChI is InChI=1S/C18H31N3/c1-5-18(4,21(6-2)7-3)17(19)15-12-8-10-14-11-9-13-20-16(14)15/h9,11,13,15,17H,5-8,10,12,19H2,1-4H3. The first kappa shape index (κ1) is 16.4. The molecule has 0 fully saturated rings.